The minimum atomic E-state index is -3.89. The van der Waals surface area contributed by atoms with Gasteiger partial charge in [0.15, 0.2) is 9.84 Å². The maximum absolute atomic E-state index is 14.0. The van der Waals surface area contributed by atoms with Gasteiger partial charge in [-0.2, -0.15) is 0 Å². The molecule has 0 saturated heterocycles. The van der Waals surface area contributed by atoms with E-state index in [-0.39, 0.29) is 25.1 Å². The average Bonchev–Trinajstić information content (AvgIpc) is 3.06. The van der Waals surface area contributed by atoms with E-state index in [0.717, 1.165) is 35.7 Å². The average molecular weight is 703 g/mol. The van der Waals surface area contributed by atoms with Crippen molar-refractivity contribution in [3.8, 4) is 0 Å². The molecule has 2 aromatic carbocycles. The molecule has 10 nitrogen and oxygen atoms in total. The van der Waals surface area contributed by atoms with Crippen LogP contribution in [0.15, 0.2) is 67.0 Å². The Balaban J connectivity index is 1.85. The fraction of sp³-hybridized carbons (Fsp3) is 0.472. The molecular weight excluding hydrogens is 654 g/mol. The van der Waals surface area contributed by atoms with Crippen LogP contribution in [-0.2, 0) is 50.1 Å². The van der Waals surface area contributed by atoms with Crippen molar-refractivity contribution in [2.75, 3.05) is 12.3 Å². The monoisotopic (exact) mass is 702 g/mol. The summed E-state index contributed by atoms with van der Waals surface area (Å²) in [7, 11) is -3.89. The molecule has 0 aliphatic rings. The lowest BCUT2D eigenvalue weighted by atomic mass is 10.0. The molecule has 1 amide bonds. The highest BCUT2D eigenvalue weighted by molar-refractivity contribution is 7.92. The fourth-order valence-electron chi connectivity index (χ4n) is 5.46. The predicted molar refractivity (Wildman–Crippen MR) is 184 cm³/mol. The van der Waals surface area contributed by atoms with Crippen molar-refractivity contribution >= 4 is 21.9 Å². The van der Waals surface area contributed by atoms with Crippen LogP contribution in [0.5, 0.6) is 0 Å². The lowest BCUT2D eigenvalue weighted by molar-refractivity contribution is -0.151. The van der Waals surface area contributed by atoms with Gasteiger partial charge in [0, 0.05) is 37.6 Å². The topological polar surface area (TPSA) is 150 Å². The van der Waals surface area contributed by atoms with E-state index in [4.69, 9.17) is 15.2 Å². The van der Waals surface area contributed by atoms with Crippen molar-refractivity contribution in [3.63, 3.8) is 0 Å². The third-order valence-electron chi connectivity index (χ3n) is 8.04. The van der Waals surface area contributed by atoms with Crippen molar-refractivity contribution < 1.29 is 36.3 Å². The van der Waals surface area contributed by atoms with Crippen LogP contribution >= 0.6 is 0 Å². The normalized spacial score (nSPS) is 13.4. The highest BCUT2D eigenvalue weighted by atomic mass is 32.2. The van der Waals surface area contributed by atoms with E-state index in [0.29, 0.717) is 37.8 Å². The maximum Gasteiger partial charge on any atom is 0.408 e. The lowest BCUT2D eigenvalue weighted by Crippen LogP contribution is -2.52. The van der Waals surface area contributed by atoms with Crippen molar-refractivity contribution in [3.05, 3.63) is 101 Å². The van der Waals surface area contributed by atoms with E-state index in [2.05, 4.69) is 15.6 Å². The second-order valence-electron chi connectivity index (χ2n) is 12.1. The van der Waals surface area contributed by atoms with Crippen molar-refractivity contribution in [2.45, 2.75) is 95.9 Å². The van der Waals surface area contributed by atoms with E-state index in [1.54, 1.807) is 12.1 Å². The Hall–Kier alpha value is -3.94. The summed E-state index contributed by atoms with van der Waals surface area (Å²) >= 11 is 0. The number of alkyl carbamates (subject to hydrolysis) is 1. The number of benzene rings is 2. The van der Waals surface area contributed by atoms with Gasteiger partial charge in [-0.05, 0) is 72.2 Å². The molecule has 3 atom stereocenters. The number of aryl methyl sites for hydroxylation is 1. The van der Waals surface area contributed by atoms with E-state index in [1.807, 2.05) is 45.0 Å². The third kappa shape index (κ3) is 13.5. The number of rotatable bonds is 20. The number of pyridine rings is 1. The Morgan fingerprint density at radius 2 is 1.55 bits per heavy atom. The fourth-order valence-corrected chi connectivity index (χ4v) is 7.60. The Bertz CT molecular complexity index is 1570. The number of amides is 1. The van der Waals surface area contributed by atoms with Crippen LogP contribution in [0.2, 0.25) is 0 Å². The first-order valence-corrected chi connectivity index (χ1v) is 18.4. The maximum atomic E-state index is 14.0. The molecule has 3 rings (SSSR count). The molecule has 0 radical (unpaired) electrons. The summed E-state index contributed by atoms with van der Waals surface area (Å²) in [5, 5.41) is 4.91. The lowest BCUT2D eigenvalue weighted by Gasteiger charge is -2.28. The molecule has 3 aromatic rings. The minimum absolute atomic E-state index is 0.0291. The van der Waals surface area contributed by atoms with Gasteiger partial charge >= 0.3 is 12.1 Å². The Morgan fingerprint density at radius 3 is 2.18 bits per heavy atom. The minimum Gasteiger partial charge on any atom is -0.458 e. The molecule has 4 N–H and O–H groups in total. The zero-order chi connectivity index (χ0) is 35.8. The molecule has 1 unspecified atom stereocenters. The summed E-state index contributed by atoms with van der Waals surface area (Å²) in [5.74, 6) is -3.30. The molecule has 0 spiro atoms. The number of carbonyl (C=O) groups excluding carboxylic acids is 2. The summed E-state index contributed by atoms with van der Waals surface area (Å²) in [6.45, 7) is 6.08. The zero-order valence-corrected chi connectivity index (χ0v) is 29.2. The number of aromatic nitrogens is 1. The first-order chi connectivity index (χ1) is 23.4. The first-order valence-electron chi connectivity index (χ1n) is 16.7. The second-order valence-corrected chi connectivity index (χ2v) is 14.4. The number of hydrogen-bond donors (Lipinski definition) is 3. The number of ether oxygens (including phenoxy) is 2. The second kappa shape index (κ2) is 19.9. The number of hydrogen-bond acceptors (Lipinski definition) is 9. The smallest absolute Gasteiger partial charge is 0.408 e. The molecule has 0 saturated carbocycles. The summed E-state index contributed by atoms with van der Waals surface area (Å²) in [6, 6.07) is 11.7. The van der Waals surface area contributed by atoms with Crippen molar-refractivity contribution in [2.24, 2.45) is 5.73 Å². The number of esters is 1. The van der Waals surface area contributed by atoms with Crippen LogP contribution in [-0.4, -0.2) is 61.2 Å². The Morgan fingerprint density at radius 1 is 0.898 bits per heavy atom. The van der Waals surface area contributed by atoms with Gasteiger partial charge in [-0.25, -0.2) is 26.8 Å². The quantitative estimate of drug-likeness (QED) is 0.136. The van der Waals surface area contributed by atoms with Gasteiger partial charge in [-0.1, -0.05) is 57.9 Å². The highest BCUT2D eigenvalue weighted by Gasteiger charge is 2.35. The number of carbonyl (C=O) groups is 2. The van der Waals surface area contributed by atoms with E-state index >= 15 is 0 Å². The van der Waals surface area contributed by atoms with E-state index in [9.17, 15) is 26.8 Å². The molecule has 0 aliphatic heterocycles. The van der Waals surface area contributed by atoms with Gasteiger partial charge in [0.05, 0.1) is 11.0 Å². The summed E-state index contributed by atoms with van der Waals surface area (Å²) < 4.78 is 66.2. The first kappa shape index (κ1) is 39.5. The number of sulfone groups is 1. The van der Waals surface area contributed by atoms with Crippen LogP contribution in [0, 0.1) is 11.6 Å². The van der Waals surface area contributed by atoms with Crippen LogP contribution in [0.25, 0.3) is 0 Å². The van der Waals surface area contributed by atoms with Gasteiger partial charge in [-0.15, -0.1) is 0 Å². The SMILES string of the molecule is CCCC(CCC)S(=O)(=O)C[C@@H](NC(=O)OCc1ccncc1)C(=O)O[C@H](CNCc1cccc(CC)c1)C(N)Cc1cc(F)cc(F)c1. The van der Waals surface area contributed by atoms with Crippen molar-refractivity contribution in [1.29, 1.82) is 0 Å². The molecule has 0 fully saturated rings. The van der Waals surface area contributed by atoms with Gasteiger partial charge in [-0.3, -0.25) is 4.98 Å². The number of nitrogens with one attached hydrogen (secondary N) is 2. The summed E-state index contributed by atoms with van der Waals surface area (Å²) in [4.78, 5) is 30.6. The molecule has 1 aromatic heterocycles. The number of nitrogens with two attached hydrogens (primary N) is 1. The van der Waals surface area contributed by atoms with Gasteiger partial charge < -0.3 is 25.8 Å². The van der Waals surface area contributed by atoms with E-state index < -0.39 is 62.7 Å². The molecular formula is C36H48F2N4O6S. The predicted octanol–water partition coefficient (Wildman–Crippen LogP) is 5.17. The number of halogens is 2. The molecule has 268 valence electrons. The Labute approximate surface area is 288 Å². The standard InChI is InChI=1S/C36H48F2N4O6S/c1-4-8-31(9-5-2)49(45,46)24-33(42-36(44)47-23-26-12-14-40-15-13-26)35(43)48-34(22-41-21-27-11-7-10-25(6-3)16-27)32(39)19-28-17-29(37)20-30(38)18-28/h7,10-18,20,31-34,41H,4-6,8-9,19,21-24,39H2,1-3H3,(H,42,44)/t32?,33-,34-/m1/s1. The van der Waals surface area contributed by atoms with Crippen LogP contribution in [0.4, 0.5) is 13.6 Å². The third-order valence-corrected chi connectivity index (χ3v) is 10.3. The van der Waals surface area contributed by atoms with Crippen molar-refractivity contribution in [1.82, 2.24) is 15.6 Å². The molecule has 49 heavy (non-hydrogen) atoms. The molecule has 13 heteroatoms. The molecule has 0 aliphatic carbocycles. The molecule has 0 bridgehead atoms. The van der Waals surface area contributed by atoms with Crippen LogP contribution < -0.4 is 16.4 Å². The zero-order valence-electron chi connectivity index (χ0n) is 28.4. The van der Waals surface area contributed by atoms with Gasteiger partial charge in [0.1, 0.15) is 30.4 Å². The summed E-state index contributed by atoms with van der Waals surface area (Å²) in [6.07, 6.45) is 3.78. The van der Waals surface area contributed by atoms with Gasteiger partial charge in [0.25, 0.3) is 0 Å². The summed E-state index contributed by atoms with van der Waals surface area (Å²) in [5.41, 5.74) is 9.50. The highest BCUT2D eigenvalue weighted by Crippen LogP contribution is 2.18. The Kier molecular flexibility index (Phi) is 16.0. The molecule has 1 heterocycles. The van der Waals surface area contributed by atoms with E-state index in [1.165, 1.54) is 12.4 Å². The largest absolute Gasteiger partial charge is 0.458 e. The van der Waals surface area contributed by atoms with Gasteiger partial charge in [0.2, 0.25) is 0 Å². The van der Waals surface area contributed by atoms with Crippen LogP contribution in [0.1, 0.15) is 68.7 Å². The van der Waals surface area contributed by atoms with Crippen LogP contribution in [0.3, 0.4) is 0 Å². The number of nitrogens with zero attached hydrogens (tertiary/aromatic N) is 1.